The van der Waals surface area contributed by atoms with Crippen LogP contribution in [0.5, 0.6) is 5.75 Å². The fraction of sp³-hybridized carbons (Fsp3) is 0.455. The van der Waals surface area contributed by atoms with Crippen LogP contribution >= 0.6 is 0 Å². The van der Waals surface area contributed by atoms with Gasteiger partial charge in [0.2, 0.25) is 0 Å². The largest absolute Gasteiger partial charge is 0.492 e. The van der Waals surface area contributed by atoms with E-state index in [1.807, 2.05) is 7.05 Å². The summed E-state index contributed by atoms with van der Waals surface area (Å²) in [5.41, 5.74) is 0.470. The second kappa shape index (κ2) is 6.53. The van der Waals surface area contributed by atoms with Gasteiger partial charge in [0, 0.05) is 6.54 Å². The van der Waals surface area contributed by atoms with Crippen LogP contribution < -0.4 is 10.2 Å². The van der Waals surface area contributed by atoms with Crippen LogP contribution in [-0.2, 0) is 0 Å². The lowest BCUT2D eigenvalue weighted by Crippen LogP contribution is -2.29. The summed E-state index contributed by atoms with van der Waals surface area (Å²) in [6.45, 7) is 4.60. The molecule has 0 bridgehead atoms. The van der Waals surface area contributed by atoms with E-state index in [2.05, 4.69) is 11.8 Å². The van der Waals surface area contributed by atoms with Crippen LogP contribution in [0, 0.1) is 0 Å². The lowest BCUT2D eigenvalue weighted by Gasteiger charge is -2.14. The topological polar surface area (TPSA) is 52.9 Å². The number of ether oxygens (including phenoxy) is 1. The number of benzene rings is 1. The van der Waals surface area contributed by atoms with E-state index >= 15 is 0 Å². The smallest absolute Gasteiger partial charge is 0.488 e. The van der Waals surface area contributed by atoms with Crippen molar-refractivity contribution in [2.45, 2.75) is 6.92 Å². The molecule has 1 aromatic rings. The fourth-order valence-corrected chi connectivity index (χ4v) is 1.21. The maximum Gasteiger partial charge on any atom is 0.488 e. The van der Waals surface area contributed by atoms with Gasteiger partial charge in [0.15, 0.2) is 0 Å². The van der Waals surface area contributed by atoms with E-state index in [4.69, 9.17) is 14.8 Å². The van der Waals surface area contributed by atoms with E-state index in [1.54, 1.807) is 24.3 Å². The lowest BCUT2D eigenvalue weighted by atomic mass is 9.80. The molecule has 4 nitrogen and oxygen atoms in total. The van der Waals surface area contributed by atoms with Gasteiger partial charge in [-0.25, -0.2) is 0 Å². The van der Waals surface area contributed by atoms with Crippen LogP contribution in [-0.4, -0.2) is 48.8 Å². The Hall–Kier alpha value is -1.04. The number of hydrogen-bond acceptors (Lipinski definition) is 4. The maximum absolute atomic E-state index is 8.90. The Kier molecular flexibility index (Phi) is 5.32. The van der Waals surface area contributed by atoms with Crippen molar-refractivity contribution >= 4 is 12.6 Å². The first-order valence-corrected chi connectivity index (χ1v) is 5.41. The minimum absolute atomic E-state index is 0.470. The van der Waals surface area contributed by atoms with E-state index < -0.39 is 7.12 Å². The van der Waals surface area contributed by atoms with Gasteiger partial charge in [0.25, 0.3) is 0 Å². The molecule has 88 valence electrons. The van der Waals surface area contributed by atoms with Crippen molar-refractivity contribution < 1.29 is 14.8 Å². The maximum atomic E-state index is 8.90. The molecule has 0 aliphatic rings. The van der Waals surface area contributed by atoms with E-state index in [-0.39, 0.29) is 0 Å². The van der Waals surface area contributed by atoms with Crippen molar-refractivity contribution in [2.24, 2.45) is 0 Å². The average Bonchev–Trinajstić information content (AvgIpc) is 2.29. The molecule has 0 heterocycles. The Morgan fingerprint density at radius 1 is 1.25 bits per heavy atom. The molecule has 0 aliphatic carbocycles. The van der Waals surface area contributed by atoms with Crippen molar-refractivity contribution in [1.29, 1.82) is 0 Å². The van der Waals surface area contributed by atoms with Gasteiger partial charge in [0.05, 0.1) is 0 Å². The summed E-state index contributed by atoms with van der Waals surface area (Å²) in [7, 11) is 0.620. The summed E-state index contributed by atoms with van der Waals surface area (Å²) in [6.07, 6.45) is 0. The third-order valence-electron chi connectivity index (χ3n) is 2.46. The number of hydrogen-bond donors (Lipinski definition) is 2. The number of likely N-dealkylation sites (N-methyl/N-ethyl adjacent to an activating group) is 1. The van der Waals surface area contributed by atoms with Gasteiger partial charge in [-0.1, -0.05) is 19.1 Å². The van der Waals surface area contributed by atoms with Gasteiger partial charge in [-0.15, -0.1) is 0 Å². The summed E-state index contributed by atoms with van der Waals surface area (Å²) in [5.74, 6) is 0.744. The molecule has 0 aliphatic heterocycles. The third kappa shape index (κ3) is 4.22. The minimum Gasteiger partial charge on any atom is -0.492 e. The minimum atomic E-state index is -1.42. The van der Waals surface area contributed by atoms with E-state index in [0.29, 0.717) is 12.1 Å². The van der Waals surface area contributed by atoms with Crippen LogP contribution in [0.15, 0.2) is 24.3 Å². The van der Waals surface area contributed by atoms with Crippen molar-refractivity contribution in [3.8, 4) is 5.75 Å². The normalized spacial score (nSPS) is 10.6. The summed E-state index contributed by atoms with van der Waals surface area (Å²) < 4.78 is 5.51. The molecule has 0 saturated carbocycles. The molecule has 16 heavy (non-hydrogen) atoms. The van der Waals surface area contributed by atoms with E-state index in [9.17, 15) is 0 Å². The molecule has 2 N–H and O–H groups in total. The molecule has 0 saturated heterocycles. The van der Waals surface area contributed by atoms with Crippen LogP contribution in [0.4, 0.5) is 0 Å². The van der Waals surface area contributed by atoms with Crippen molar-refractivity contribution in [3.05, 3.63) is 24.3 Å². The summed E-state index contributed by atoms with van der Waals surface area (Å²) in [6, 6.07) is 6.76. The summed E-state index contributed by atoms with van der Waals surface area (Å²) in [5, 5.41) is 17.8. The quantitative estimate of drug-likeness (QED) is 0.650. The van der Waals surface area contributed by atoms with Crippen molar-refractivity contribution in [2.75, 3.05) is 26.7 Å². The van der Waals surface area contributed by atoms with Gasteiger partial charge in [0.1, 0.15) is 12.4 Å². The Morgan fingerprint density at radius 2 is 1.88 bits per heavy atom. The predicted molar refractivity (Wildman–Crippen MR) is 64.9 cm³/mol. The average molecular weight is 223 g/mol. The molecule has 0 unspecified atom stereocenters. The Labute approximate surface area is 96.6 Å². The fourth-order valence-electron chi connectivity index (χ4n) is 1.21. The van der Waals surface area contributed by atoms with Crippen LogP contribution in [0.1, 0.15) is 6.92 Å². The van der Waals surface area contributed by atoms with Crippen LogP contribution in [0.3, 0.4) is 0 Å². The predicted octanol–water partition coefficient (Wildman–Crippen LogP) is -0.303. The molecular formula is C11H18BNO3. The number of nitrogens with zero attached hydrogens (tertiary/aromatic N) is 1. The Bertz CT molecular complexity index is 303. The van der Waals surface area contributed by atoms with Gasteiger partial charge >= 0.3 is 7.12 Å². The standard InChI is InChI=1S/C11H18BNO3/c1-3-13(2)8-9-16-11-6-4-10(5-7-11)12(14)15/h4-7,14-15H,3,8-9H2,1-2H3. The molecule has 1 rings (SSSR count). The third-order valence-corrected chi connectivity index (χ3v) is 2.46. The van der Waals surface area contributed by atoms with E-state index in [1.165, 1.54) is 0 Å². The zero-order chi connectivity index (χ0) is 12.0. The molecule has 0 fully saturated rings. The molecule has 0 spiro atoms. The van der Waals surface area contributed by atoms with E-state index in [0.717, 1.165) is 18.8 Å². The first-order valence-electron chi connectivity index (χ1n) is 5.41. The SMILES string of the molecule is CCN(C)CCOc1ccc(B(O)O)cc1. The van der Waals surface area contributed by atoms with Crippen LogP contribution in [0.2, 0.25) is 0 Å². The van der Waals surface area contributed by atoms with Crippen molar-refractivity contribution in [3.63, 3.8) is 0 Å². The lowest BCUT2D eigenvalue weighted by molar-refractivity contribution is 0.244. The van der Waals surface area contributed by atoms with Gasteiger partial charge < -0.3 is 19.7 Å². The molecular weight excluding hydrogens is 205 g/mol. The second-order valence-corrected chi connectivity index (χ2v) is 3.69. The zero-order valence-corrected chi connectivity index (χ0v) is 9.76. The zero-order valence-electron chi connectivity index (χ0n) is 9.76. The highest BCUT2D eigenvalue weighted by atomic mass is 16.5. The Morgan fingerprint density at radius 3 is 2.38 bits per heavy atom. The van der Waals surface area contributed by atoms with Gasteiger partial charge in [-0.05, 0) is 31.2 Å². The first kappa shape index (κ1) is 13.0. The number of rotatable bonds is 6. The molecule has 0 amide bonds. The monoisotopic (exact) mass is 223 g/mol. The molecule has 5 heteroatoms. The van der Waals surface area contributed by atoms with Gasteiger partial charge in [-0.2, -0.15) is 0 Å². The molecule has 0 radical (unpaired) electrons. The van der Waals surface area contributed by atoms with Crippen LogP contribution in [0.25, 0.3) is 0 Å². The molecule has 0 aromatic heterocycles. The summed E-state index contributed by atoms with van der Waals surface area (Å²) in [4.78, 5) is 2.16. The second-order valence-electron chi connectivity index (χ2n) is 3.69. The molecule has 0 atom stereocenters. The highest BCUT2D eigenvalue weighted by Gasteiger charge is 2.09. The highest BCUT2D eigenvalue weighted by Crippen LogP contribution is 2.07. The first-order chi connectivity index (χ1) is 7.63. The highest BCUT2D eigenvalue weighted by molar-refractivity contribution is 6.58. The van der Waals surface area contributed by atoms with Gasteiger partial charge in [-0.3, -0.25) is 0 Å². The molecule has 1 aromatic carbocycles. The Balaban J connectivity index is 2.38. The summed E-state index contributed by atoms with van der Waals surface area (Å²) >= 11 is 0. The van der Waals surface area contributed by atoms with Crippen molar-refractivity contribution in [1.82, 2.24) is 4.90 Å².